The molecule has 3 rings (SSSR count). The highest BCUT2D eigenvalue weighted by molar-refractivity contribution is 9.10. The first kappa shape index (κ1) is 17.7. The zero-order valence-electron chi connectivity index (χ0n) is 14.0. The quantitative estimate of drug-likeness (QED) is 0.813. The van der Waals surface area contributed by atoms with Crippen LogP contribution in [0, 0.1) is 5.92 Å². The lowest BCUT2D eigenvalue weighted by molar-refractivity contribution is -0.125. The molecule has 0 spiro atoms. The van der Waals surface area contributed by atoms with E-state index in [4.69, 9.17) is 4.74 Å². The van der Waals surface area contributed by atoms with Crippen LogP contribution in [0.4, 0.5) is 16.2 Å². The number of hydrogen-bond acceptors (Lipinski definition) is 4. The molecule has 1 aromatic rings. The van der Waals surface area contributed by atoms with Crippen molar-refractivity contribution in [2.24, 2.45) is 5.92 Å². The van der Waals surface area contributed by atoms with E-state index in [-0.39, 0.29) is 30.4 Å². The molecule has 1 unspecified atom stereocenters. The second kappa shape index (κ2) is 7.43. The SMILES string of the molecule is CCOC(=O)N1CCCC(C(=O)N2CC(=O)Nc3cc(Br)ccc32)C1. The maximum Gasteiger partial charge on any atom is 0.409 e. The molecule has 134 valence electrons. The number of hydrogen-bond donors (Lipinski definition) is 1. The van der Waals surface area contributed by atoms with Crippen LogP contribution in [0.1, 0.15) is 19.8 Å². The van der Waals surface area contributed by atoms with Gasteiger partial charge in [-0.2, -0.15) is 0 Å². The number of carbonyl (C=O) groups excluding carboxylic acids is 3. The summed E-state index contributed by atoms with van der Waals surface area (Å²) in [5, 5.41) is 2.78. The molecule has 3 amide bonds. The van der Waals surface area contributed by atoms with Crippen molar-refractivity contribution in [3.05, 3.63) is 22.7 Å². The van der Waals surface area contributed by atoms with Crippen molar-refractivity contribution in [3.63, 3.8) is 0 Å². The van der Waals surface area contributed by atoms with E-state index in [0.29, 0.717) is 37.5 Å². The maximum absolute atomic E-state index is 13.0. The average molecular weight is 410 g/mol. The minimum atomic E-state index is -0.388. The molecule has 0 saturated carbocycles. The Morgan fingerprint density at radius 1 is 1.40 bits per heavy atom. The van der Waals surface area contributed by atoms with Gasteiger partial charge in [-0.3, -0.25) is 9.59 Å². The summed E-state index contributed by atoms with van der Waals surface area (Å²) in [4.78, 5) is 40.0. The smallest absolute Gasteiger partial charge is 0.409 e. The first-order valence-corrected chi connectivity index (χ1v) is 9.11. The largest absolute Gasteiger partial charge is 0.450 e. The molecule has 0 aromatic heterocycles. The van der Waals surface area contributed by atoms with Gasteiger partial charge in [0.05, 0.1) is 23.9 Å². The fourth-order valence-corrected chi connectivity index (χ4v) is 3.60. The molecule has 1 N–H and O–H groups in total. The molecule has 2 heterocycles. The number of nitrogens with zero attached hydrogens (tertiary/aromatic N) is 2. The van der Waals surface area contributed by atoms with Crippen LogP contribution < -0.4 is 10.2 Å². The lowest BCUT2D eigenvalue weighted by atomic mass is 9.96. The number of rotatable bonds is 2. The number of benzene rings is 1. The van der Waals surface area contributed by atoms with Gasteiger partial charge in [0, 0.05) is 17.6 Å². The Bertz CT molecular complexity index is 709. The summed E-state index contributed by atoms with van der Waals surface area (Å²) in [7, 11) is 0. The Labute approximate surface area is 154 Å². The van der Waals surface area contributed by atoms with Gasteiger partial charge < -0.3 is 19.9 Å². The number of likely N-dealkylation sites (tertiary alicyclic amines) is 1. The molecule has 1 aromatic carbocycles. The van der Waals surface area contributed by atoms with E-state index in [1.807, 2.05) is 12.1 Å². The number of carbonyl (C=O) groups is 3. The number of fused-ring (bicyclic) bond motifs is 1. The van der Waals surface area contributed by atoms with Crippen molar-refractivity contribution in [3.8, 4) is 0 Å². The summed E-state index contributed by atoms with van der Waals surface area (Å²) in [6.07, 6.45) is 1.04. The number of halogens is 1. The summed E-state index contributed by atoms with van der Waals surface area (Å²) < 4.78 is 5.86. The van der Waals surface area contributed by atoms with Gasteiger partial charge in [0.15, 0.2) is 0 Å². The first-order valence-electron chi connectivity index (χ1n) is 8.32. The van der Waals surface area contributed by atoms with E-state index >= 15 is 0 Å². The third-order valence-corrected chi connectivity index (χ3v) is 4.88. The molecule has 2 aliphatic heterocycles. The van der Waals surface area contributed by atoms with Crippen molar-refractivity contribution < 1.29 is 19.1 Å². The van der Waals surface area contributed by atoms with Crippen molar-refractivity contribution in [1.82, 2.24) is 4.90 Å². The molecule has 1 atom stereocenters. The van der Waals surface area contributed by atoms with Crippen LogP contribution in [-0.4, -0.2) is 49.0 Å². The Balaban J connectivity index is 1.79. The summed E-state index contributed by atoms with van der Waals surface area (Å²) in [5.41, 5.74) is 1.29. The van der Waals surface area contributed by atoms with Gasteiger partial charge in [-0.05, 0) is 38.0 Å². The highest BCUT2D eigenvalue weighted by Crippen LogP contribution is 2.34. The van der Waals surface area contributed by atoms with Crippen LogP contribution in [0.5, 0.6) is 0 Å². The van der Waals surface area contributed by atoms with Crippen molar-refractivity contribution in [2.45, 2.75) is 19.8 Å². The highest BCUT2D eigenvalue weighted by Gasteiger charge is 2.35. The fraction of sp³-hybridized carbons (Fsp3) is 0.471. The molecule has 1 fully saturated rings. The molecule has 8 heteroatoms. The summed E-state index contributed by atoms with van der Waals surface area (Å²) in [6.45, 7) is 2.96. The summed E-state index contributed by atoms with van der Waals surface area (Å²) >= 11 is 3.37. The monoisotopic (exact) mass is 409 g/mol. The highest BCUT2D eigenvalue weighted by atomic mass is 79.9. The zero-order valence-corrected chi connectivity index (χ0v) is 15.5. The normalized spacial score (nSPS) is 19.9. The molecule has 1 saturated heterocycles. The van der Waals surface area contributed by atoms with E-state index in [1.165, 1.54) is 4.90 Å². The van der Waals surface area contributed by atoms with E-state index < -0.39 is 0 Å². The first-order chi connectivity index (χ1) is 12.0. The molecule has 2 aliphatic rings. The average Bonchev–Trinajstić information content (AvgIpc) is 2.60. The minimum absolute atomic E-state index is 0.0105. The molecule has 25 heavy (non-hydrogen) atoms. The summed E-state index contributed by atoms with van der Waals surface area (Å²) in [5.74, 6) is -0.690. The van der Waals surface area contributed by atoms with Crippen molar-refractivity contribution >= 4 is 45.2 Å². The number of piperidine rings is 1. The van der Waals surface area contributed by atoms with E-state index in [1.54, 1.807) is 17.9 Å². The molecule has 0 radical (unpaired) electrons. The molecular weight excluding hydrogens is 390 g/mol. The fourth-order valence-electron chi connectivity index (χ4n) is 3.24. The van der Waals surface area contributed by atoms with Gasteiger partial charge in [-0.25, -0.2) is 4.79 Å². The van der Waals surface area contributed by atoms with Crippen molar-refractivity contribution in [1.29, 1.82) is 0 Å². The van der Waals surface area contributed by atoms with Crippen LogP contribution in [0.3, 0.4) is 0 Å². The van der Waals surface area contributed by atoms with Gasteiger partial charge >= 0.3 is 6.09 Å². The molecular formula is C17H20BrN3O4. The standard InChI is InChI=1S/C17H20BrN3O4/c1-2-25-17(24)20-7-3-4-11(9-20)16(23)21-10-15(22)19-13-8-12(18)5-6-14(13)21/h5-6,8,11H,2-4,7,9-10H2,1H3,(H,19,22). The Kier molecular flexibility index (Phi) is 5.27. The van der Waals surface area contributed by atoms with Gasteiger partial charge in [-0.1, -0.05) is 15.9 Å². The number of ether oxygens (including phenoxy) is 1. The number of amides is 3. The van der Waals surface area contributed by atoms with Gasteiger partial charge in [0.25, 0.3) is 0 Å². The van der Waals surface area contributed by atoms with Crippen LogP contribution in [0.15, 0.2) is 22.7 Å². The van der Waals surface area contributed by atoms with E-state index in [2.05, 4.69) is 21.2 Å². The van der Waals surface area contributed by atoms with Gasteiger partial charge in [0.1, 0.15) is 6.54 Å². The predicted molar refractivity (Wildman–Crippen MR) is 96.4 cm³/mol. The van der Waals surface area contributed by atoms with E-state index in [0.717, 1.165) is 10.9 Å². The van der Waals surface area contributed by atoms with E-state index in [9.17, 15) is 14.4 Å². The Morgan fingerprint density at radius 3 is 2.96 bits per heavy atom. The van der Waals surface area contributed by atoms with Crippen LogP contribution in [0.2, 0.25) is 0 Å². The predicted octanol–water partition coefficient (Wildman–Crippen LogP) is 2.60. The molecule has 0 aliphatic carbocycles. The van der Waals surface area contributed by atoms with Crippen molar-refractivity contribution in [2.75, 3.05) is 36.5 Å². The third-order valence-electron chi connectivity index (χ3n) is 4.39. The zero-order chi connectivity index (χ0) is 18.0. The van der Waals surface area contributed by atoms with Crippen LogP contribution in [0.25, 0.3) is 0 Å². The third kappa shape index (κ3) is 3.78. The summed E-state index contributed by atoms with van der Waals surface area (Å²) in [6, 6.07) is 5.42. The number of anilines is 2. The van der Waals surface area contributed by atoms with Crippen LogP contribution in [-0.2, 0) is 14.3 Å². The lowest BCUT2D eigenvalue weighted by Gasteiger charge is -2.36. The Hall–Kier alpha value is -2.09. The number of nitrogens with one attached hydrogen (secondary N) is 1. The molecule has 0 bridgehead atoms. The van der Waals surface area contributed by atoms with Gasteiger partial charge in [-0.15, -0.1) is 0 Å². The van der Waals surface area contributed by atoms with Crippen LogP contribution >= 0.6 is 15.9 Å². The molecule has 7 nitrogen and oxygen atoms in total. The topological polar surface area (TPSA) is 79.0 Å². The second-order valence-electron chi connectivity index (χ2n) is 6.12. The Morgan fingerprint density at radius 2 is 2.20 bits per heavy atom. The maximum atomic E-state index is 13.0. The second-order valence-corrected chi connectivity index (χ2v) is 7.03. The van der Waals surface area contributed by atoms with Gasteiger partial charge in [0.2, 0.25) is 11.8 Å². The lowest BCUT2D eigenvalue weighted by Crippen LogP contribution is -2.50. The minimum Gasteiger partial charge on any atom is -0.450 e.